The van der Waals surface area contributed by atoms with E-state index in [1.807, 2.05) is 0 Å². The van der Waals surface area contributed by atoms with Crippen molar-refractivity contribution in [2.24, 2.45) is 0 Å². The number of sulfone groups is 1. The lowest BCUT2D eigenvalue weighted by Gasteiger charge is -2.05. The minimum atomic E-state index is -3.36. The summed E-state index contributed by atoms with van der Waals surface area (Å²) in [5.74, 6) is -0.253. The molecule has 0 aliphatic carbocycles. The average Bonchev–Trinajstić information content (AvgIpc) is 2.40. The topological polar surface area (TPSA) is 89.0 Å². The molecule has 0 radical (unpaired) electrons. The summed E-state index contributed by atoms with van der Waals surface area (Å²) in [6.45, 7) is 0. The molecule has 1 aromatic heterocycles. The highest BCUT2D eigenvalue weighted by Crippen LogP contribution is 2.13. The fourth-order valence-electron chi connectivity index (χ4n) is 1.44. The van der Waals surface area contributed by atoms with Crippen LogP contribution in [0.2, 0.25) is 5.15 Å². The average molecular weight is 312 g/mol. The van der Waals surface area contributed by atoms with Crippen molar-refractivity contribution < 1.29 is 13.2 Å². The molecular formula is C12H10ClN3O3S. The molecule has 2 aromatic rings. The molecule has 1 amide bonds. The van der Waals surface area contributed by atoms with Gasteiger partial charge in [0, 0.05) is 11.8 Å². The molecule has 1 N–H and O–H groups in total. The standard InChI is InChI=1S/C12H10ClN3O3S/c1-20(18,19)9-4-2-3-8(7-9)12(17)14-11-6-5-10(13)15-16-11/h2-7H,1H3,(H,14,16,17). The first-order chi connectivity index (χ1) is 9.36. The van der Waals surface area contributed by atoms with E-state index in [0.717, 1.165) is 6.26 Å². The van der Waals surface area contributed by atoms with E-state index >= 15 is 0 Å². The summed E-state index contributed by atoms with van der Waals surface area (Å²) in [5.41, 5.74) is 0.213. The minimum absolute atomic E-state index is 0.0762. The molecule has 0 saturated heterocycles. The number of nitrogens with zero attached hydrogens (tertiary/aromatic N) is 2. The van der Waals surface area contributed by atoms with Crippen LogP contribution >= 0.6 is 11.6 Å². The number of carbonyl (C=O) groups excluding carboxylic acids is 1. The maximum atomic E-state index is 12.0. The highest BCUT2D eigenvalue weighted by Gasteiger charge is 2.12. The van der Waals surface area contributed by atoms with Gasteiger partial charge >= 0.3 is 0 Å². The third-order valence-electron chi connectivity index (χ3n) is 2.40. The van der Waals surface area contributed by atoms with Gasteiger partial charge in [-0.05, 0) is 30.3 Å². The zero-order valence-corrected chi connectivity index (χ0v) is 11.9. The Balaban J connectivity index is 2.23. The number of hydrogen-bond acceptors (Lipinski definition) is 5. The zero-order chi connectivity index (χ0) is 14.8. The number of amides is 1. The number of aromatic nitrogens is 2. The molecule has 20 heavy (non-hydrogen) atoms. The summed E-state index contributed by atoms with van der Waals surface area (Å²) in [5, 5.41) is 9.98. The smallest absolute Gasteiger partial charge is 0.256 e. The van der Waals surface area contributed by atoms with Crippen molar-refractivity contribution in [3.63, 3.8) is 0 Å². The highest BCUT2D eigenvalue weighted by atomic mass is 35.5. The number of nitrogens with one attached hydrogen (secondary N) is 1. The minimum Gasteiger partial charge on any atom is -0.305 e. The third-order valence-corrected chi connectivity index (χ3v) is 3.71. The van der Waals surface area contributed by atoms with Crippen LogP contribution in [0.5, 0.6) is 0 Å². The van der Waals surface area contributed by atoms with Crippen molar-refractivity contribution in [3.8, 4) is 0 Å². The van der Waals surface area contributed by atoms with E-state index in [1.165, 1.54) is 36.4 Å². The lowest BCUT2D eigenvalue weighted by Crippen LogP contribution is -2.14. The van der Waals surface area contributed by atoms with E-state index in [2.05, 4.69) is 15.5 Å². The fourth-order valence-corrected chi connectivity index (χ4v) is 2.21. The van der Waals surface area contributed by atoms with E-state index in [0.29, 0.717) is 0 Å². The van der Waals surface area contributed by atoms with Crippen molar-refractivity contribution in [1.29, 1.82) is 0 Å². The predicted molar refractivity (Wildman–Crippen MR) is 74.5 cm³/mol. The molecule has 8 heteroatoms. The predicted octanol–water partition coefficient (Wildman–Crippen LogP) is 1.79. The van der Waals surface area contributed by atoms with E-state index in [-0.39, 0.29) is 21.4 Å². The van der Waals surface area contributed by atoms with Crippen LogP contribution in [0.1, 0.15) is 10.4 Å². The largest absolute Gasteiger partial charge is 0.305 e. The fraction of sp³-hybridized carbons (Fsp3) is 0.0833. The van der Waals surface area contributed by atoms with Crippen LogP contribution in [0.4, 0.5) is 5.82 Å². The van der Waals surface area contributed by atoms with Crippen LogP contribution in [0.25, 0.3) is 0 Å². The summed E-state index contributed by atoms with van der Waals surface area (Å²) in [4.78, 5) is 12.0. The summed E-state index contributed by atoms with van der Waals surface area (Å²) < 4.78 is 22.9. The number of anilines is 1. The molecule has 0 spiro atoms. The quantitative estimate of drug-likeness (QED) is 0.933. The van der Waals surface area contributed by atoms with Crippen LogP contribution in [0, 0.1) is 0 Å². The number of carbonyl (C=O) groups is 1. The first-order valence-corrected chi connectivity index (χ1v) is 7.74. The molecule has 0 aliphatic rings. The molecular weight excluding hydrogens is 302 g/mol. The maximum absolute atomic E-state index is 12.0. The second kappa shape index (κ2) is 5.56. The Bertz CT molecular complexity index is 745. The molecule has 0 unspecified atom stereocenters. The summed E-state index contributed by atoms with van der Waals surface area (Å²) >= 11 is 5.58. The molecule has 0 atom stereocenters. The Labute approximate surface area is 120 Å². The lowest BCUT2D eigenvalue weighted by atomic mass is 10.2. The molecule has 0 saturated carbocycles. The van der Waals surface area contributed by atoms with Crippen LogP contribution in [-0.4, -0.2) is 30.8 Å². The van der Waals surface area contributed by atoms with Gasteiger partial charge in [-0.2, -0.15) is 0 Å². The number of halogens is 1. The summed E-state index contributed by atoms with van der Waals surface area (Å²) in [6.07, 6.45) is 1.08. The first kappa shape index (κ1) is 14.4. The molecule has 104 valence electrons. The summed E-state index contributed by atoms with van der Waals surface area (Å²) in [6, 6.07) is 8.71. The molecule has 1 aromatic carbocycles. The van der Waals surface area contributed by atoms with Gasteiger partial charge in [0.1, 0.15) is 0 Å². The van der Waals surface area contributed by atoms with Crippen LogP contribution in [0.3, 0.4) is 0 Å². The van der Waals surface area contributed by atoms with Gasteiger partial charge in [0.2, 0.25) is 0 Å². The van der Waals surface area contributed by atoms with Crippen molar-refractivity contribution >= 4 is 33.2 Å². The van der Waals surface area contributed by atoms with Gasteiger partial charge in [-0.25, -0.2) is 8.42 Å². The first-order valence-electron chi connectivity index (χ1n) is 5.47. The molecule has 1 heterocycles. The molecule has 0 aliphatic heterocycles. The normalized spacial score (nSPS) is 11.1. The van der Waals surface area contributed by atoms with Gasteiger partial charge < -0.3 is 5.32 Å². The van der Waals surface area contributed by atoms with Crippen molar-refractivity contribution in [3.05, 3.63) is 47.1 Å². The van der Waals surface area contributed by atoms with Gasteiger partial charge in [0.05, 0.1) is 4.90 Å². The molecule has 0 fully saturated rings. The number of benzene rings is 1. The van der Waals surface area contributed by atoms with E-state index in [1.54, 1.807) is 0 Å². The van der Waals surface area contributed by atoms with Crippen LogP contribution < -0.4 is 5.32 Å². The van der Waals surface area contributed by atoms with Gasteiger partial charge in [-0.3, -0.25) is 4.79 Å². The van der Waals surface area contributed by atoms with Crippen molar-refractivity contribution in [1.82, 2.24) is 10.2 Å². The van der Waals surface area contributed by atoms with Crippen molar-refractivity contribution in [2.45, 2.75) is 4.90 Å². The van der Waals surface area contributed by atoms with E-state index in [4.69, 9.17) is 11.6 Å². The maximum Gasteiger partial charge on any atom is 0.256 e. The molecule has 0 bridgehead atoms. The number of rotatable bonds is 3. The SMILES string of the molecule is CS(=O)(=O)c1cccc(C(=O)Nc2ccc(Cl)nn2)c1. The second-order valence-corrected chi connectivity index (χ2v) is 6.40. The highest BCUT2D eigenvalue weighted by molar-refractivity contribution is 7.90. The Morgan fingerprint density at radius 2 is 1.95 bits per heavy atom. The molecule has 2 rings (SSSR count). The third kappa shape index (κ3) is 3.52. The Morgan fingerprint density at radius 3 is 2.55 bits per heavy atom. The Hall–Kier alpha value is -1.99. The zero-order valence-electron chi connectivity index (χ0n) is 10.4. The van der Waals surface area contributed by atoms with E-state index in [9.17, 15) is 13.2 Å². The van der Waals surface area contributed by atoms with Gasteiger partial charge in [0.15, 0.2) is 20.8 Å². The van der Waals surface area contributed by atoms with Crippen molar-refractivity contribution in [2.75, 3.05) is 11.6 Å². The number of hydrogen-bond donors (Lipinski definition) is 1. The molecule has 6 nitrogen and oxygen atoms in total. The second-order valence-electron chi connectivity index (χ2n) is 4.00. The summed E-state index contributed by atoms with van der Waals surface area (Å²) in [7, 11) is -3.36. The van der Waals surface area contributed by atoms with Crippen LogP contribution in [-0.2, 0) is 9.84 Å². The Kier molecular flexibility index (Phi) is 4.01. The van der Waals surface area contributed by atoms with E-state index < -0.39 is 15.7 Å². The van der Waals surface area contributed by atoms with Gasteiger partial charge in [0.25, 0.3) is 5.91 Å². The van der Waals surface area contributed by atoms with Crippen LogP contribution in [0.15, 0.2) is 41.3 Å². The Morgan fingerprint density at radius 1 is 1.20 bits per heavy atom. The van der Waals surface area contributed by atoms with Gasteiger partial charge in [-0.15, -0.1) is 10.2 Å². The monoisotopic (exact) mass is 311 g/mol. The van der Waals surface area contributed by atoms with Gasteiger partial charge in [-0.1, -0.05) is 17.7 Å². The lowest BCUT2D eigenvalue weighted by molar-refractivity contribution is 0.102.